The predicted octanol–water partition coefficient (Wildman–Crippen LogP) is 1.21. The van der Waals surface area contributed by atoms with E-state index >= 15 is 0 Å². The number of nitrogens with two attached hydrogens (primary N) is 1. The van der Waals surface area contributed by atoms with Crippen LogP contribution in [0, 0.1) is 0 Å². The summed E-state index contributed by atoms with van der Waals surface area (Å²) in [6.07, 6.45) is 2.85. The zero-order valence-electron chi connectivity index (χ0n) is 15.9. The summed E-state index contributed by atoms with van der Waals surface area (Å²) in [6, 6.07) is 10.1. The van der Waals surface area contributed by atoms with E-state index in [9.17, 15) is 9.59 Å². The average molecular weight is 409 g/mol. The van der Waals surface area contributed by atoms with E-state index in [1.54, 1.807) is 17.0 Å². The minimum absolute atomic E-state index is 0.119. The SMILES string of the molecule is NC(=O)c1cncc(-c2noc([C@H]3COCCN3C(=O)COc3ccccc3)n2)c1. The lowest BCUT2D eigenvalue weighted by Crippen LogP contribution is -2.45. The first-order valence-corrected chi connectivity index (χ1v) is 9.25. The Labute approximate surface area is 171 Å². The van der Waals surface area contributed by atoms with Crippen molar-refractivity contribution in [3.8, 4) is 17.1 Å². The Hall–Kier alpha value is -3.79. The van der Waals surface area contributed by atoms with Gasteiger partial charge in [0.25, 0.3) is 11.8 Å². The van der Waals surface area contributed by atoms with Crippen LogP contribution in [0.1, 0.15) is 22.3 Å². The monoisotopic (exact) mass is 409 g/mol. The van der Waals surface area contributed by atoms with Crippen molar-refractivity contribution in [1.29, 1.82) is 0 Å². The van der Waals surface area contributed by atoms with Crippen molar-refractivity contribution in [2.24, 2.45) is 5.73 Å². The second-order valence-corrected chi connectivity index (χ2v) is 6.56. The number of benzene rings is 1. The first kappa shape index (κ1) is 19.5. The molecule has 1 aliphatic rings. The molecule has 0 spiro atoms. The molecule has 1 atom stereocenters. The van der Waals surface area contributed by atoms with Crippen molar-refractivity contribution in [3.63, 3.8) is 0 Å². The largest absolute Gasteiger partial charge is 0.484 e. The van der Waals surface area contributed by atoms with Gasteiger partial charge in [0, 0.05) is 24.5 Å². The fourth-order valence-electron chi connectivity index (χ4n) is 3.04. The highest BCUT2D eigenvalue weighted by Crippen LogP contribution is 2.26. The number of carbonyl (C=O) groups excluding carboxylic acids is 2. The molecule has 154 valence electrons. The number of pyridine rings is 1. The number of para-hydroxylation sites is 1. The second-order valence-electron chi connectivity index (χ2n) is 6.56. The predicted molar refractivity (Wildman–Crippen MR) is 103 cm³/mol. The Morgan fingerprint density at radius 1 is 1.23 bits per heavy atom. The van der Waals surface area contributed by atoms with Crippen LogP contribution in [0.4, 0.5) is 0 Å². The van der Waals surface area contributed by atoms with Gasteiger partial charge in [0.15, 0.2) is 6.61 Å². The topological polar surface area (TPSA) is 134 Å². The number of aromatic nitrogens is 3. The van der Waals surface area contributed by atoms with Gasteiger partial charge in [-0.05, 0) is 18.2 Å². The van der Waals surface area contributed by atoms with Gasteiger partial charge in [-0.1, -0.05) is 23.4 Å². The molecule has 1 saturated heterocycles. The third-order valence-corrected chi connectivity index (χ3v) is 4.56. The molecule has 0 aliphatic carbocycles. The first-order chi connectivity index (χ1) is 14.6. The van der Waals surface area contributed by atoms with Crippen LogP contribution in [0.5, 0.6) is 5.75 Å². The van der Waals surface area contributed by atoms with Crippen molar-refractivity contribution >= 4 is 11.8 Å². The maximum absolute atomic E-state index is 12.7. The van der Waals surface area contributed by atoms with Gasteiger partial charge in [-0.15, -0.1) is 0 Å². The van der Waals surface area contributed by atoms with Crippen molar-refractivity contribution in [1.82, 2.24) is 20.0 Å². The standard InChI is InChI=1S/C20H19N5O5/c21-18(27)13-8-14(10-22-9-13)19-23-20(30-24-19)16-11-28-7-6-25(16)17(26)12-29-15-4-2-1-3-5-15/h1-5,8-10,16H,6-7,11-12H2,(H2,21,27)/t16-/m1/s1. The number of rotatable bonds is 6. The van der Waals surface area contributed by atoms with Crippen LogP contribution in [0.3, 0.4) is 0 Å². The lowest BCUT2D eigenvalue weighted by Gasteiger charge is -2.33. The lowest BCUT2D eigenvalue weighted by atomic mass is 10.2. The number of hydrogen-bond acceptors (Lipinski definition) is 8. The van der Waals surface area contributed by atoms with E-state index in [0.29, 0.717) is 24.5 Å². The normalized spacial score (nSPS) is 16.3. The number of hydrogen-bond donors (Lipinski definition) is 1. The molecule has 1 aromatic carbocycles. The van der Waals surface area contributed by atoms with Gasteiger partial charge in [-0.25, -0.2) is 0 Å². The molecule has 2 aromatic heterocycles. The number of morpholine rings is 1. The highest BCUT2D eigenvalue weighted by Gasteiger charge is 2.33. The number of primary amides is 1. The van der Waals surface area contributed by atoms with Crippen LogP contribution in [0.2, 0.25) is 0 Å². The van der Waals surface area contributed by atoms with Gasteiger partial charge < -0.3 is 24.6 Å². The van der Waals surface area contributed by atoms with Gasteiger partial charge in [0.2, 0.25) is 11.7 Å². The Bertz CT molecular complexity index is 1040. The van der Waals surface area contributed by atoms with Crippen LogP contribution in [0.15, 0.2) is 53.3 Å². The maximum atomic E-state index is 12.7. The molecular weight excluding hydrogens is 390 g/mol. The number of ether oxygens (including phenoxy) is 2. The summed E-state index contributed by atoms with van der Waals surface area (Å²) in [7, 11) is 0. The van der Waals surface area contributed by atoms with E-state index < -0.39 is 11.9 Å². The maximum Gasteiger partial charge on any atom is 0.261 e. The van der Waals surface area contributed by atoms with E-state index in [2.05, 4.69) is 15.1 Å². The van der Waals surface area contributed by atoms with E-state index in [0.717, 1.165) is 0 Å². The Kier molecular flexibility index (Phi) is 5.66. The number of nitrogens with zero attached hydrogens (tertiary/aromatic N) is 4. The smallest absolute Gasteiger partial charge is 0.261 e. The van der Waals surface area contributed by atoms with Crippen molar-refractivity contribution in [3.05, 3.63) is 60.2 Å². The lowest BCUT2D eigenvalue weighted by molar-refractivity contribution is -0.143. The molecule has 3 aromatic rings. The molecule has 3 heterocycles. The summed E-state index contributed by atoms with van der Waals surface area (Å²) < 4.78 is 16.5. The zero-order valence-corrected chi connectivity index (χ0v) is 15.9. The van der Waals surface area contributed by atoms with Gasteiger partial charge >= 0.3 is 0 Å². The molecule has 0 bridgehead atoms. The molecule has 0 unspecified atom stereocenters. The number of amides is 2. The highest BCUT2D eigenvalue weighted by molar-refractivity contribution is 5.93. The van der Waals surface area contributed by atoms with Crippen LogP contribution >= 0.6 is 0 Å². The van der Waals surface area contributed by atoms with E-state index in [1.165, 1.54) is 18.5 Å². The van der Waals surface area contributed by atoms with Gasteiger partial charge in [0.1, 0.15) is 11.8 Å². The highest BCUT2D eigenvalue weighted by atomic mass is 16.5. The molecule has 0 saturated carbocycles. The van der Waals surface area contributed by atoms with Crippen LogP contribution in [-0.4, -0.2) is 58.2 Å². The Balaban J connectivity index is 1.50. The number of carbonyl (C=O) groups is 2. The Morgan fingerprint density at radius 2 is 2.07 bits per heavy atom. The second kappa shape index (κ2) is 8.70. The first-order valence-electron chi connectivity index (χ1n) is 9.25. The van der Waals surface area contributed by atoms with Crippen LogP contribution in [-0.2, 0) is 9.53 Å². The quantitative estimate of drug-likeness (QED) is 0.642. The molecule has 4 rings (SSSR count). The molecule has 2 N–H and O–H groups in total. The van der Waals surface area contributed by atoms with Gasteiger partial charge in [-0.3, -0.25) is 14.6 Å². The minimum Gasteiger partial charge on any atom is -0.484 e. The molecule has 0 radical (unpaired) electrons. The molecule has 2 amide bonds. The molecular formula is C20H19N5O5. The third kappa shape index (κ3) is 4.28. The van der Waals surface area contributed by atoms with E-state index in [4.69, 9.17) is 19.7 Å². The molecule has 1 aliphatic heterocycles. The molecule has 1 fully saturated rings. The summed E-state index contributed by atoms with van der Waals surface area (Å²) in [5.41, 5.74) is 6.00. The van der Waals surface area contributed by atoms with Crippen molar-refractivity contribution in [2.45, 2.75) is 6.04 Å². The summed E-state index contributed by atoms with van der Waals surface area (Å²) in [5.74, 6) is 0.243. The van der Waals surface area contributed by atoms with E-state index in [1.807, 2.05) is 18.2 Å². The van der Waals surface area contributed by atoms with Gasteiger partial charge in [-0.2, -0.15) is 4.98 Å². The third-order valence-electron chi connectivity index (χ3n) is 4.56. The zero-order chi connectivity index (χ0) is 20.9. The van der Waals surface area contributed by atoms with Crippen molar-refractivity contribution < 1.29 is 23.6 Å². The Morgan fingerprint density at radius 3 is 2.87 bits per heavy atom. The van der Waals surface area contributed by atoms with Crippen LogP contribution < -0.4 is 10.5 Å². The fourth-order valence-corrected chi connectivity index (χ4v) is 3.04. The van der Waals surface area contributed by atoms with E-state index in [-0.39, 0.29) is 36.4 Å². The summed E-state index contributed by atoms with van der Waals surface area (Å²) in [6.45, 7) is 0.877. The molecule has 30 heavy (non-hydrogen) atoms. The van der Waals surface area contributed by atoms with Crippen LogP contribution in [0.25, 0.3) is 11.4 Å². The minimum atomic E-state index is -0.607. The molecule has 10 nitrogen and oxygen atoms in total. The summed E-state index contributed by atoms with van der Waals surface area (Å²) in [4.78, 5) is 34.1. The fraction of sp³-hybridized carbons (Fsp3) is 0.250. The summed E-state index contributed by atoms with van der Waals surface area (Å²) >= 11 is 0. The molecule has 10 heteroatoms. The average Bonchev–Trinajstić information content (AvgIpc) is 3.28. The van der Waals surface area contributed by atoms with Crippen molar-refractivity contribution in [2.75, 3.05) is 26.4 Å². The van der Waals surface area contributed by atoms with Gasteiger partial charge in [0.05, 0.1) is 18.8 Å². The summed E-state index contributed by atoms with van der Waals surface area (Å²) in [5, 5.41) is 3.95.